The molecule has 0 saturated heterocycles. The minimum Gasteiger partial charge on any atom is -0.481 e. The number of nitrogens with one attached hydrogen (secondary N) is 1. The van der Waals surface area contributed by atoms with Crippen LogP contribution in [0.15, 0.2) is 18.2 Å². The number of nitrogens with zero attached hydrogens (tertiary/aromatic N) is 1. The number of hydrogen-bond acceptors (Lipinski definition) is 4. The lowest BCUT2D eigenvalue weighted by Gasteiger charge is -2.09. The molecule has 0 saturated carbocycles. The van der Waals surface area contributed by atoms with Crippen molar-refractivity contribution in [1.29, 1.82) is 0 Å². The van der Waals surface area contributed by atoms with E-state index in [2.05, 4.69) is 5.32 Å². The Morgan fingerprint density at radius 3 is 2.74 bits per heavy atom. The number of carboxylic acid groups (broad SMARTS) is 1. The van der Waals surface area contributed by atoms with Crippen molar-refractivity contribution in [3.8, 4) is 0 Å². The second-order valence-electron chi connectivity index (χ2n) is 4.57. The molecule has 19 heavy (non-hydrogen) atoms. The molecule has 1 unspecified atom stereocenters. The summed E-state index contributed by atoms with van der Waals surface area (Å²) in [6.45, 7) is 4.02. The number of aliphatic carboxylic acids is 1. The summed E-state index contributed by atoms with van der Waals surface area (Å²) in [6, 6.07) is 4.85. The maximum Gasteiger partial charge on any atom is 0.306 e. The van der Waals surface area contributed by atoms with E-state index in [0.717, 1.165) is 12.1 Å². The van der Waals surface area contributed by atoms with E-state index in [0.29, 0.717) is 18.5 Å². The summed E-state index contributed by atoms with van der Waals surface area (Å²) < 4.78 is 0. The predicted molar refractivity (Wildman–Crippen MR) is 72.4 cm³/mol. The molecule has 1 rings (SSSR count). The van der Waals surface area contributed by atoms with Crippen LogP contribution >= 0.6 is 0 Å². The van der Waals surface area contributed by atoms with Crippen LogP contribution in [0.1, 0.15) is 25.3 Å². The van der Waals surface area contributed by atoms with Crippen molar-refractivity contribution < 1.29 is 14.8 Å². The molecular formula is C13H18N2O4. The zero-order chi connectivity index (χ0) is 14.4. The standard InChI is InChI=1S/C13H18N2O4/c1-9(13(16)17)4-3-7-14-11-5-6-12(15(18)19)10(2)8-11/h5-6,8-9,14H,3-4,7H2,1-2H3,(H,16,17). The Bertz CT molecular complexity index is 474. The number of aryl methyl sites for hydroxylation is 1. The first kappa shape index (κ1) is 14.9. The molecule has 0 radical (unpaired) electrons. The monoisotopic (exact) mass is 266 g/mol. The number of carbonyl (C=O) groups is 1. The molecule has 6 heteroatoms. The quantitative estimate of drug-likeness (QED) is 0.449. The zero-order valence-electron chi connectivity index (χ0n) is 11.0. The summed E-state index contributed by atoms with van der Waals surface area (Å²) in [6.07, 6.45) is 1.35. The Labute approximate surface area is 111 Å². The maximum absolute atomic E-state index is 10.7. The molecule has 104 valence electrons. The van der Waals surface area contributed by atoms with E-state index in [1.54, 1.807) is 26.0 Å². The Morgan fingerprint density at radius 2 is 2.21 bits per heavy atom. The predicted octanol–water partition coefficient (Wildman–Crippen LogP) is 2.82. The van der Waals surface area contributed by atoms with E-state index in [1.807, 2.05) is 0 Å². The van der Waals surface area contributed by atoms with E-state index in [-0.39, 0.29) is 11.6 Å². The van der Waals surface area contributed by atoms with Crippen LogP contribution in [-0.4, -0.2) is 22.5 Å². The Balaban J connectivity index is 2.44. The number of carboxylic acids is 1. The van der Waals surface area contributed by atoms with Gasteiger partial charge in [-0.3, -0.25) is 14.9 Å². The minimum absolute atomic E-state index is 0.102. The van der Waals surface area contributed by atoms with E-state index in [1.165, 1.54) is 6.07 Å². The van der Waals surface area contributed by atoms with Gasteiger partial charge in [-0.05, 0) is 31.9 Å². The van der Waals surface area contributed by atoms with Crippen molar-refractivity contribution in [3.63, 3.8) is 0 Å². The van der Waals surface area contributed by atoms with Crippen LogP contribution < -0.4 is 5.32 Å². The third-order valence-electron chi connectivity index (χ3n) is 2.96. The highest BCUT2D eigenvalue weighted by Crippen LogP contribution is 2.21. The van der Waals surface area contributed by atoms with Crippen LogP contribution in [0.25, 0.3) is 0 Å². The van der Waals surface area contributed by atoms with Crippen molar-refractivity contribution >= 4 is 17.3 Å². The molecule has 6 nitrogen and oxygen atoms in total. The highest BCUT2D eigenvalue weighted by atomic mass is 16.6. The summed E-state index contributed by atoms with van der Waals surface area (Å²) in [5.74, 6) is -1.13. The molecule has 1 aromatic rings. The number of hydrogen-bond donors (Lipinski definition) is 2. The van der Waals surface area contributed by atoms with Crippen LogP contribution in [0.2, 0.25) is 0 Å². The molecule has 0 amide bonds. The fourth-order valence-corrected chi connectivity index (χ4v) is 1.73. The molecule has 0 bridgehead atoms. The lowest BCUT2D eigenvalue weighted by Crippen LogP contribution is -2.11. The Hall–Kier alpha value is -2.11. The highest BCUT2D eigenvalue weighted by Gasteiger charge is 2.11. The number of anilines is 1. The summed E-state index contributed by atoms with van der Waals surface area (Å²) in [4.78, 5) is 20.9. The van der Waals surface area contributed by atoms with Crippen molar-refractivity contribution in [2.45, 2.75) is 26.7 Å². The second kappa shape index (κ2) is 6.72. The summed E-state index contributed by atoms with van der Waals surface area (Å²) in [7, 11) is 0. The van der Waals surface area contributed by atoms with Crippen molar-refractivity contribution in [1.82, 2.24) is 0 Å². The largest absolute Gasteiger partial charge is 0.481 e. The minimum atomic E-state index is -0.786. The summed E-state index contributed by atoms with van der Waals surface area (Å²) >= 11 is 0. The highest BCUT2D eigenvalue weighted by molar-refractivity contribution is 5.69. The number of nitro groups is 1. The summed E-state index contributed by atoms with van der Waals surface area (Å²) in [5, 5.41) is 22.5. The van der Waals surface area contributed by atoms with E-state index < -0.39 is 10.9 Å². The van der Waals surface area contributed by atoms with Crippen LogP contribution in [0, 0.1) is 23.0 Å². The van der Waals surface area contributed by atoms with E-state index in [4.69, 9.17) is 5.11 Å². The first-order valence-corrected chi connectivity index (χ1v) is 6.13. The van der Waals surface area contributed by atoms with Gasteiger partial charge in [0.1, 0.15) is 0 Å². The molecular weight excluding hydrogens is 248 g/mol. The molecule has 1 atom stereocenters. The molecule has 0 fully saturated rings. The smallest absolute Gasteiger partial charge is 0.306 e. The molecule has 0 aliphatic rings. The third-order valence-corrected chi connectivity index (χ3v) is 2.96. The lowest BCUT2D eigenvalue weighted by atomic mass is 10.1. The van der Waals surface area contributed by atoms with Gasteiger partial charge in [0, 0.05) is 23.9 Å². The van der Waals surface area contributed by atoms with Crippen molar-refractivity contribution in [2.24, 2.45) is 5.92 Å². The van der Waals surface area contributed by atoms with Gasteiger partial charge >= 0.3 is 5.97 Å². The summed E-state index contributed by atoms with van der Waals surface area (Å²) in [5.41, 5.74) is 1.52. The van der Waals surface area contributed by atoms with Crippen LogP contribution in [0.4, 0.5) is 11.4 Å². The van der Waals surface area contributed by atoms with E-state index in [9.17, 15) is 14.9 Å². The average Bonchev–Trinajstić information content (AvgIpc) is 2.33. The second-order valence-corrected chi connectivity index (χ2v) is 4.57. The van der Waals surface area contributed by atoms with E-state index >= 15 is 0 Å². The fourth-order valence-electron chi connectivity index (χ4n) is 1.73. The molecule has 0 aliphatic carbocycles. The average molecular weight is 266 g/mol. The fraction of sp³-hybridized carbons (Fsp3) is 0.462. The van der Waals surface area contributed by atoms with Gasteiger partial charge < -0.3 is 10.4 Å². The molecule has 0 heterocycles. The van der Waals surface area contributed by atoms with Gasteiger partial charge in [0.05, 0.1) is 10.8 Å². The van der Waals surface area contributed by atoms with Gasteiger partial charge in [0.25, 0.3) is 5.69 Å². The first-order valence-electron chi connectivity index (χ1n) is 6.13. The Morgan fingerprint density at radius 1 is 1.53 bits per heavy atom. The van der Waals surface area contributed by atoms with Crippen molar-refractivity contribution in [2.75, 3.05) is 11.9 Å². The maximum atomic E-state index is 10.7. The van der Waals surface area contributed by atoms with Crippen molar-refractivity contribution in [3.05, 3.63) is 33.9 Å². The molecule has 0 aromatic heterocycles. The van der Waals surface area contributed by atoms with Crippen LogP contribution in [0.3, 0.4) is 0 Å². The van der Waals surface area contributed by atoms with Gasteiger partial charge in [0.15, 0.2) is 0 Å². The lowest BCUT2D eigenvalue weighted by molar-refractivity contribution is -0.385. The van der Waals surface area contributed by atoms with Gasteiger partial charge in [-0.1, -0.05) is 6.92 Å². The molecule has 0 spiro atoms. The number of rotatable bonds is 7. The Kier molecular flexibility index (Phi) is 5.29. The SMILES string of the molecule is Cc1cc(NCCCC(C)C(=O)O)ccc1[N+](=O)[O-]. The molecule has 1 aromatic carbocycles. The van der Waals surface area contributed by atoms with Crippen LogP contribution in [-0.2, 0) is 4.79 Å². The molecule has 2 N–H and O–H groups in total. The first-order chi connectivity index (χ1) is 8.91. The third kappa shape index (κ3) is 4.57. The number of nitro benzene ring substituents is 1. The van der Waals surface area contributed by atoms with Gasteiger partial charge in [-0.25, -0.2) is 0 Å². The van der Waals surface area contributed by atoms with Gasteiger partial charge in [-0.15, -0.1) is 0 Å². The number of benzene rings is 1. The molecule has 0 aliphatic heterocycles. The topological polar surface area (TPSA) is 92.5 Å². The van der Waals surface area contributed by atoms with Crippen LogP contribution in [0.5, 0.6) is 0 Å². The zero-order valence-corrected chi connectivity index (χ0v) is 11.0. The van der Waals surface area contributed by atoms with Gasteiger partial charge in [0.2, 0.25) is 0 Å². The van der Waals surface area contributed by atoms with Gasteiger partial charge in [-0.2, -0.15) is 0 Å². The normalized spacial score (nSPS) is 11.9.